The van der Waals surface area contributed by atoms with Crippen molar-refractivity contribution in [2.24, 2.45) is 0 Å². The molecule has 1 rings (SSSR count). The summed E-state index contributed by atoms with van der Waals surface area (Å²) in [6.07, 6.45) is 0.523. The molecule has 1 atom stereocenters. The Hall–Kier alpha value is -2.13. The van der Waals surface area contributed by atoms with Gasteiger partial charge in [-0.15, -0.1) is 0 Å². The Labute approximate surface area is 105 Å². The molecule has 0 radical (unpaired) electrons. The number of hydrogen-bond donors (Lipinski definition) is 1. The second kappa shape index (κ2) is 6.57. The van der Waals surface area contributed by atoms with Crippen LogP contribution in [0.15, 0.2) is 18.2 Å². The number of nitriles is 1. The zero-order valence-electron chi connectivity index (χ0n) is 10.3. The van der Waals surface area contributed by atoms with Crippen molar-refractivity contribution in [3.05, 3.63) is 33.9 Å². The fraction of sp³-hybridized carbons (Fsp3) is 0.417. The predicted octanol–water partition coefficient (Wildman–Crippen LogP) is 1.78. The maximum atomic E-state index is 10.6. The zero-order chi connectivity index (χ0) is 13.5. The van der Waals surface area contributed by atoms with Gasteiger partial charge in [-0.25, -0.2) is 0 Å². The second-order valence-electron chi connectivity index (χ2n) is 3.81. The number of hydrogen-bond acceptors (Lipinski definition) is 5. The lowest BCUT2D eigenvalue weighted by atomic mass is 10.2. The number of non-ortho nitro benzene ring substituents is 1. The fourth-order valence-corrected chi connectivity index (χ4v) is 1.42. The Morgan fingerprint density at radius 3 is 2.89 bits per heavy atom. The van der Waals surface area contributed by atoms with Gasteiger partial charge in [0, 0.05) is 12.5 Å². The molecule has 0 heterocycles. The first-order chi connectivity index (χ1) is 8.58. The molecule has 6 nitrogen and oxygen atoms in total. The smallest absolute Gasteiger partial charge is 0.273 e. The van der Waals surface area contributed by atoms with Gasteiger partial charge in [0.25, 0.3) is 5.69 Å². The molecule has 0 aliphatic heterocycles. The van der Waals surface area contributed by atoms with Gasteiger partial charge in [-0.05, 0) is 25.6 Å². The number of rotatable bonds is 6. The Kier molecular flexibility index (Phi) is 5.08. The molecule has 0 saturated carbocycles. The van der Waals surface area contributed by atoms with Crippen LogP contribution in [0.4, 0.5) is 5.69 Å². The summed E-state index contributed by atoms with van der Waals surface area (Å²) in [5.41, 5.74) is 0.833. The molecule has 0 aliphatic carbocycles. The average Bonchev–Trinajstić information content (AvgIpc) is 2.36. The van der Waals surface area contributed by atoms with Crippen LogP contribution in [-0.4, -0.2) is 24.6 Å². The van der Waals surface area contributed by atoms with Crippen LogP contribution in [-0.2, 0) is 0 Å². The summed E-state index contributed by atoms with van der Waals surface area (Å²) in [7, 11) is 1.70. The van der Waals surface area contributed by atoms with Crippen LogP contribution in [0.25, 0.3) is 0 Å². The van der Waals surface area contributed by atoms with Crippen LogP contribution in [0.3, 0.4) is 0 Å². The minimum Gasteiger partial charge on any atom is -0.493 e. The van der Waals surface area contributed by atoms with Crippen molar-refractivity contribution >= 4 is 5.69 Å². The lowest BCUT2D eigenvalue weighted by Gasteiger charge is -2.11. The maximum absolute atomic E-state index is 10.6. The summed E-state index contributed by atoms with van der Waals surface area (Å²) in [6, 6.07) is 6.29. The molecular weight excluding hydrogens is 234 g/mol. The molecule has 1 aromatic carbocycles. The van der Waals surface area contributed by atoms with E-state index in [-0.39, 0.29) is 11.7 Å². The number of benzene rings is 1. The van der Waals surface area contributed by atoms with Crippen LogP contribution in [0.2, 0.25) is 0 Å². The molecule has 1 aromatic rings. The van der Waals surface area contributed by atoms with E-state index in [4.69, 9.17) is 10.00 Å². The van der Waals surface area contributed by atoms with Crippen molar-refractivity contribution < 1.29 is 9.66 Å². The molecule has 0 bridgehead atoms. The fourth-order valence-electron chi connectivity index (χ4n) is 1.42. The quantitative estimate of drug-likeness (QED) is 0.613. The molecule has 1 unspecified atom stereocenters. The summed E-state index contributed by atoms with van der Waals surface area (Å²) in [6.45, 7) is 2.15. The van der Waals surface area contributed by atoms with Gasteiger partial charge in [-0.2, -0.15) is 5.26 Å². The first-order valence-corrected chi connectivity index (χ1v) is 5.53. The summed E-state index contributed by atoms with van der Waals surface area (Å²) in [5.74, 6) is 0.483. The molecule has 6 heteroatoms. The van der Waals surface area contributed by atoms with E-state index in [1.165, 1.54) is 12.1 Å². The first-order valence-electron chi connectivity index (χ1n) is 5.53. The molecule has 1 N–H and O–H groups in total. The van der Waals surface area contributed by atoms with Crippen molar-refractivity contribution in [3.8, 4) is 11.8 Å². The zero-order valence-corrected chi connectivity index (χ0v) is 10.3. The van der Waals surface area contributed by atoms with Crippen LogP contribution < -0.4 is 10.1 Å². The van der Waals surface area contributed by atoms with Gasteiger partial charge in [0.15, 0.2) is 0 Å². The summed E-state index contributed by atoms with van der Waals surface area (Å²) >= 11 is 0. The van der Waals surface area contributed by atoms with Crippen LogP contribution in [0.5, 0.6) is 5.75 Å². The highest BCUT2D eigenvalue weighted by atomic mass is 16.6. The molecule has 0 saturated heterocycles. The molecule has 0 aromatic heterocycles. The number of nitrogens with one attached hydrogen (secondary N) is 1. The highest BCUT2D eigenvalue weighted by Crippen LogP contribution is 2.24. The van der Waals surface area contributed by atoms with Gasteiger partial charge in [-0.1, -0.05) is 0 Å². The van der Waals surface area contributed by atoms with E-state index in [2.05, 4.69) is 11.4 Å². The Morgan fingerprint density at radius 2 is 2.33 bits per heavy atom. The van der Waals surface area contributed by atoms with E-state index in [1.54, 1.807) is 13.1 Å². The highest BCUT2D eigenvalue weighted by Gasteiger charge is 2.10. The molecular formula is C12H15N3O3. The van der Waals surface area contributed by atoms with Crippen molar-refractivity contribution in [1.82, 2.24) is 5.32 Å². The molecule has 0 fully saturated rings. The lowest BCUT2D eigenvalue weighted by Crippen LogP contribution is -2.25. The molecule has 0 amide bonds. The average molecular weight is 249 g/mol. The van der Waals surface area contributed by atoms with E-state index in [1.807, 2.05) is 6.92 Å². The monoisotopic (exact) mass is 249 g/mol. The second-order valence-corrected chi connectivity index (χ2v) is 3.81. The molecule has 0 aliphatic rings. The molecule has 96 valence electrons. The SMILES string of the molecule is CNC(C#N)CCOc1cc([N+](=O)[O-])ccc1C. The maximum Gasteiger partial charge on any atom is 0.273 e. The topological polar surface area (TPSA) is 88.2 Å². The Morgan fingerprint density at radius 1 is 1.61 bits per heavy atom. The van der Waals surface area contributed by atoms with Crippen LogP contribution >= 0.6 is 0 Å². The van der Waals surface area contributed by atoms with Gasteiger partial charge in [0.1, 0.15) is 5.75 Å². The highest BCUT2D eigenvalue weighted by molar-refractivity contribution is 5.43. The number of nitro groups is 1. The number of aryl methyl sites for hydroxylation is 1. The van der Waals surface area contributed by atoms with Crippen molar-refractivity contribution in [2.75, 3.05) is 13.7 Å². The predicted molar refractivity (Wildman–Crippen MR) is 66.4 cm³/mol. The van der Waals surface area contributed by atoms with E-state index in [0.717, 1.165) is 5.56 Å². The normalized spacial score (nSPS) is 11.6. The summed E-state index contributed by atoms with van der Waals surface area (Å²) in [4.78, 5) is 10.2. The van der Waals surface area contributed by atoms with Crippen LogP contribution in [0.1, 0.15) is 12.0 Å². The summed E-state index contributed by atoms with van der Waals surface area (Å²) < 4.78 is 5.47. The molecule has 18 heavy (non-hydrogen) atoms. The van der Waals surface area contributed by atoms with Crippen molar-refractivity contribution in [1.29, 1.82) is 5.26 Å². The van der Waals surface area contributed by atoms with E-state index in [0.29, 0.717) is 18.8 Å². The van der Waals surface area contributed by atoms with Crippen molar-refractivity contribution in [2.45, 2.75) is 19.4 Å². The van der Waals surface area contributed by atoms with E-state index >= 15 is 0 Å². The number of nitrogens with zero attached hydrogens (tertiary/aromatic N) is 2. The van der Waals surface area contributed by atoms with Crippen LogP contribution in [0, 0.1) is 28.4 Å². The van der Waals surface area contributed by atoms with Gasteiger partial charge >= 0.3 is 0 Å². The number of ether oxygens (including phenoxy) is 1. The number of nitro benzene ring substituents is 1. The standard InChI is InChI=1S/C12H15N3O3/c1-9-3-4-11(15(16)17)7-12(9)18-6-5-10(8-13)14-2/h3-4,7,10,14H,5-6H2,1-2H3. The van der Waals surface area contributed by atoms with Gasteiger partial charge < -0.3 is 10.1 Å². The third-order valence-corrected chi connectivity index (χ3v) is 2.55. The first kappa shape index (κ1) is 13.9. The van der Waals surface area contributed by atoms with Gasteiger partial charge in [0.05, 0.1) is 29.7 Å². The minimum absolute atomic E-state index is 0.000972. The van der Waals surface area contributed by atoms with E-state index in [9.17, 15) is 10.1 Å². The minimum atomic E-state index is -0.460. The Bertz CT molecular complexity index is 468. The third-order valence-electron chi connectivity index (χ3n) is 2.55. The Balaban J connectivity index is 2.64. The van der Waals surface area contributed by atoms with Crippen molar-refractivity contribution in [3.63, 3.8) is 0 Å². The summed E-state index contributed by atoms with van der Waals surface area (Å²) in [5, 5.41) is 22.2. The largest absolute Gasteiger partial charge is 0.493 e. The molecule has 0 spiro atoms. The van der Waals surface area contributed by atoms with E-state index < -0.39 is 4.92 Å². The van der Waals surface area contributed by atoms with Gasteiger partial charge in [0.2, 0.25) is 0 Å². The third kappa shape index (κ3) is 3.71. The lowest BCUT2D eigenvalue weighted by molar-refractivity contribution is -0.384. The van der Waals surface area contributed by atoms with Gasteiger partial charge in [-0.3, -0.25) is 10.1 Å².